The van der Waals surface area contributed by atoms with Gasteiger partial charge in [0.1, 0.15) is 22.9 Å². The molecule has 6 N–H and O–H groups in total. The summed E-state index contributed by atoms with van der Waals surface area (Å²) in [7, 11) is 0. The quantitative estimate of drug-likeness (QED) is 0.365. The molecule has 0 saturated carbocycles. The van der Waals surface area contributed by atoms with Crippen molar-refractivity contribution >= 4 is 29.0 Å². The van der Waals surface area contributed by atoms with E-state index >= 15 is 0 Å². The molecule has 37 heavy (non-hydrogen) atoms. The zero-order valence-electron chi connectivity index (χ0n) is 20.2. The first-order valence-electron chi connectivity index (χ1n) is 11.7. The second-order valence-electron chi connectivity index (χ2n) is 9.29. The number of amides is 2. The maximum atomic E-state index is 13.3. The minimum Gasteiger partial charge on any atom is -0.511 e. The average Bonchev–Trinajstić information content (AvgIpc) is 2.83. The number of aliphatic hydroxyl groups is 3. The highest BCUT2D eigenvalue weighted by Crippen LogP contribution is 2.52. The Morgan fingerprint density at radius 1 is 1.16 bits per heavy atom. The number of carbonyl (C=O) groups is 4. The summed E-state index contributed by atoms with van der Waals surface area (Å²) in [6.07, 6.45) is 3.44. The Morgan fingerprint density at radius 2 is 1.89 bits per heavy atom. The van der Waals surface area contributed by atoms with Crippen LogP contribution < -0.4 is 11.1 Å². The number of ketones is 2. The Kier molecular flexibility index (Phi) is 6.84. The fourth-order valence-corrected chi connectivity index (χ4v) is 5.54. The highest BCUT2D eigenvalue weighted by Gasteiger charge is 2.49. The van der Waals surface area contributed by atoms with E-state index in [2.05, 4.69) is 16.9 Å². The molecule has 10 heteroatoms. The van der Waals surface area contributed by atoms with Crippen LogP contribution in [0.4, 0.5) is 0 Å². The Bertz CT molecular complexity index is 1350. The van der Waals surface area contributed by atoms with Crippen LogP contribution in [0.1, 0.15) is 31.9 Å². The molecule has 1 aromatic rings. The number of rotatable bonds is 6. The van der Waals surface area contributed by atoms with Crippen molar-refractivity contribution in [2.75, 3.05) is 6.54 Å². The standard InChI is InChI=1S/C27H27N3O7/c1-3-15(17-6-4-5-7-29-17)16-9-13-8-14-10-18(32)23(27(28)37)26(36)21(14)24(34)20(13)25(35)22(16)19(33)11-30-12(2)31/h3-7,13-14,21,34-36H,1,8-11H2,2H3,(H2,28,37)(H,30,31)/b16-15+. The van der Waals surface area contributed by atoms with Crippen LogP contribution in [-0.2, 0) is 19.2 Å². The summed E-state index contributed by atoms with van der Waals surface area (Å²) in [5.41, 5.74) is 6.08. The maximum Gasteiger partial charge on any atom is 0.255 e. The first-order valence-corrected chi connectivity index (χ1v) is 11.7. The lowest BCUT2D eigenvalue weighted by molar-refractivity contribution is -0.123. The molecule has 10 nitrogen and oxygen atoms in total. The van der Waals surface area contributed by atoms with Gasteiger partial charge in [0.2, 0.25) is 5.91 Å². The summed E-state index contributed by atoms with van der Waals surface area (Å²) < 4.78 is 0. The van der Waals surface area contributed by atoms with Gasteiger partial charge in [0.15, 0.2) is 11.6 Å². The first-order chi connectivity index (χ1) is 17.6. The second kappa shape index (κ2) is 9.88. The van der Waals surface area contributed by atoms with E-state index in [1.54, 1.807) is 24.4 Å². The zero-order chi connectivity index (χ0) is 27.0. The lowest BCUT2D eigenvalue weighted by atomic mass is 9.63. The van der Waals surface area contributed by atoms with Crippen LogP contribution in [0.3, 0.4) is 0 Å². The van der Waals surface area contributed by atoms with Crippen molar-refractivity contribution in [1.82, 2.24) is 10.3 Å². The molecule has 3 aliphatic carbocycles. The van der Waals surface area contributed by atoms with Gasteiger partial charge in [-0.3, -0.25) is 24.2 Å². The number of pyridine rings is 1. The van der Waals surface area contributed by atoms with Gasteiger partial charge in [0.25, 0.3) is 5.91 Å². The monoisotopic (exact) mass is 505 g/mol. The van der Waals surface area contributed by atoms with Crippen molar-refractivity contribution in [1.29, 1.82) is 0 Å². The largest absolute Gasteiger partial charge is 0.511 e. The fraction of sp³-hybridized carbons (Fsp3) is 0.296. The van der Waals surface area contributed by atoms with Crippen LogP contribution >= 0.6 is 0 Å². The Labute approximate surface area is 212 Å². The van der Waals surface area contributed by atoms with E-state index in [1.165, 1.54) is 13.0 Å². The average molecular weight is 506 g/mol. The maximum absolute atomic E-state index is 13.3. The minimum atomic E-state index is -1.12. The number of hydrogen-bond donors (Lipinski definition) is 5. The number of allylic oxidation sites excluding steroid dienone is 4. The molecule has 192 valence electrons. The van der Waals surface area contributed by atoms with Crippen LogP contribution in [0.2, 0.25) is 0 Å². The van der Waals surface area contributed by atoms with Gasteiger partial charge in [0, 0.05) is 30.7 Å². The summed E-state index contributed by atoms with van der Waals surface area (Å²) in [5.74, 6) is -6.51. The third-order valence-corrected chi connectivity index (χ3v) is 7.05. The molecular formula is C27H27N3O7. The van der Waals surface area contributed by atoms with Gasteiger partial charge in [-0.2, -0.15) is 0 Å². The summed E-state index contributed by atoms with van der Waals surface area (Å²) in [5, 5.41) is 35.8. The van der Waals surface area contributed by atoms with Gasteiger partial charge in [-0.25, -0.2) is 0 Å². The molecule has 3 aliphatic rings. The van der Waals surface area contributed by atoms with Gasteiger partial charge < -0.3 is 26.4 Å². The molecule has 3 atom stereocenters. The van der Waals surface area contributed by atoms with E-state index in [0.717, 1.165) is 0 Å². The number of carbonyl (C=O) groups excluding carboxylic acids is 4. The topological polar surface area (TPSA) is 180 Å². The SMILES string of the molecule is C=C/C(=C1/CC2CC3CC(=O)C(C(N)=O)=C(O)C3C(O)=C2C(O)=C1C(=O)CNC(C)=O)c1ccccn1. The summed E-state index contributed by atoms with van der Waals surface area (Å²) in [6, 6.07) is 5.22. The van der Waals surface area contributed by atoms with Gasteiger partial charge in [-0.1, -0.05) is 18.7 Å². The Morgan fingerprint density at radius 3 is 2.49 bits per heavy atom. The number of primary amides is 1. The van der Waals surface area contributed by atoms with E-state index in [1.807, 2.05) is 0 Å². The number of nitrogens with zero attached hydrogens (tertiary/aromatic N) is 1. The van der Waals surface area contributed by atoms with Crippen molar-refractivity contribution in [2.45, 2.75) is 26.2 Å². The van der Waals surface area contributed by atoms with Crippen LogP contribution in [0.25, 0.3) is 5.57 Å². The highest BCUT2D eigenvalue weighted by atomic mass is 16.3. The zero-order valence-corrected chi connectivity index (χ0v) is 20.2. The number of aliphatic hydroxyl groups excluding tert-OH is 3. The van der Waals surface area contributed by atoms with Crippen molar-refractivity contribution in [3.05, 3.63) is 82.3 Å². The predicted octanol–water partition coefficient (Wildman–Crippen LogP) is 2.28. The third kappa shape index (κ3) is 4.46. The molecule has 0 spiro atoms. The highest BCUT2D eigenvalue weighted by molar-refractivity contribution is 6.19. The number of aromatic nitrogens is 1. The molecule has 4 rings (SSSR count). The Hall–Kier alpha value is -4.47. The number of fused-ring (bicyclic) bond motifs is 2. The van der Waals surface area contributed by atoms with Crippen molar-refractivity contribution in [3.8, 4) is 0 Å². The smallest absolute Gasteiger partial charge is 0.255 e. The predicted molar refractivity (Wildman–Crippen MR) is 133 cm³/mol. The molecule has 1 aromatic heterocycles. The molecule has 0 saturated heterocycles. The lowest BCUT2D eigenvalue weighted by Crippen LogP contribution is -2.40. The number of nitrogens with two attached hydrogens (primary N) is 1. The molecule has 0 aromatic carbocycles. The number of Topliss-reactive ketones (excluding diaryl/α,β-unsaturated/α-hetero) is 2. The molecule has 3 unspecified atom stereocenters. The summed E-state index contributed by atoms with van der Waals surface area (Å²) in [6.45, 7) is 4.71. The summed E-state index contributed by atoms with van der Waals surface area (Å²) >= 11 is 0. The molecule has 0 radical (unpaired) electrons. The number of nitrogens with one attached hydrogen (secondary N) is 1. The van der Waals surface area contributed by atoms with E-state index in [4.69, 9.17) is 5.73 Å². The van der Waals surface area contributed by atoms with Gasteiger partial charge in [-0.15, -0.1) is 0 Å². The Balaban J connectivity index is 1.96. The van der Waals surface area contributed by atoms with Crippen LogP contribution in [0.5, 0.6) is 0 Å². The van der Waals surface area contributed by atoms with E-state index in [0.29, 0.717) is 16.8 Å². The first kappa shape index (κ1) is 25.6. The molecule has 1 heterocycles. The van der Waals surface area contributed by atoms with Gasteiger partial charge in [0.05, 0.1) is 23.7 Å². The molecule has 0 fully saturated rings. The van der Waals surface area contributed by atoms with Crippen molar-refractivity contribution in [3.63, 3.8) is 0 Å². The van der Waals surface area contributed by atoms with Crippen LogP contribution in [0.15, 0.2) is 76.6 Å². The minimum absolute atomic E-state index is 0.0466. The molecule has 0 bridgehead atoms. The molecule has 2 amide bonds. The van der Waals surface area contributed by atoms with Crippen molar-refractivity contribution < 1.29 is 34.5 Å². The third-order valence-electron chi connectivity index (χ3n) is 7.05. The second-order valence-corrected chi connectivity index (χ2v) is 9.29. The molecular weight excluding hydrogens is 478 g/mol. The van der Waals surface area contributed by atoms with E-state index in [9.17, 15) is 34.5 Å². The van der Waals surface area contributed by atoms with E-state index < -0.39 is 70.5 Å². The van der Waals surface area contributed by atoms with E-state index in [-0.39, 0.29) is 30.4 Å². The molecule has 0 aliphatic heterocycles. The normalized spacial score (nSPS) is 24.8. The lowest BCUT2D eigenvalue weighted by Gasteiger charge is -2.42. The van der Waals surface area contributed by atoms with Crippen molar-refractivity contribution in [2.24, 2.45) is 23.5 Å². The van der Waals surface area contributed by atoms with Gasteiger partial charge >= 0.3 is 0 Å². The fourth-order valence-electron chi connectivity index (χ4n) is 5.54. The van der Waals surface area contributed by atoms with Crippen LogP contribution in [-0.4, -0.2) is 50.2 Å². The summed E-state index contributed by atoms with van der Waals surface area (Å²) in [4.78, 5) is 53.4. The van der Waals surface area contributed by atoms with Crippen LogP contribution in [0, 0.1) is 17.8 Å². The van der Waals surface area contributed by atoms with Gasteiger partial charge in [-0.05, 0) is 42.4 Å². The number of hydrogen-bond acceptors (Lipinski definition) is 8.